The first-order valence-corrected chi connectivity index (χ1v) is 8.81. The van der Waals surface area contributed by atoms with Gasteiger partial charge in [0.25, 0.3) is 5.91 Å². The molecule has 2 aliphatic heterocycles. The van der Waals surface area contributed by atoms with Gasteiger partial charge in [-0.15, -0.1) is 0 Å². The van der Waals surface area contributed by atoms with E-state index in [1.165, 1.54) is 9.25 Å². The molecule has 1 amide bonds. The summed E-state index contributed by atoms with van der Waals surface area (Å²) >= 11 is 0. The van der Waals surface area contributed by atoms with E-state index in [1.807, 2.05) is 18.7 Å². The minimum absolute atomic E-state index is 0.0557. The summed E-state index contributed by atoms with van der Waals surface area (Å²) in [5.74, 6) is 0.582. The number of carbonyl (C=O) groups excluding carboxylic acids is 1. The average molecular weight is 358 g/mol. The maximum atomic E-state index is 12.7. The van der Waals surface area contributed by atoms with Crippen molar-refractivity contribution in [1.82, 2.24) is 29.0 Å². The van der Waals surface area contributed by atoms with Gasteiger partial charge in [-0.05, 0) is 26.3 Å². The first-order chi connectivity index (χ1) is 12.3. The molecule has 0 radical (unpaired) electrons. The molecular formula is C17H22N6O3. The van der Waals surface area contributed by atoms with Crippen LogP contribution in [0, 0.1) is 5.41 Å². The molecule has 1 fully saturated rings. The topological polar surface area (TPSA) is 95.0 Å². The van der Waals surface area contributed by atoms with E-state index in [0.717, 1.165) is 6.42 Å². The van der Waals surface area contributed by atoms with E-state index in [1.54, 1.807) is 24.0 Å². The number of carbonyl (C=O) groups is 1. The van der Waals surface area contributed by atoms with E-state index < -0.39 is 11.1 Å². The standard InChI is InChI=1S/C17H22N6O3/c1-11(2)23-16(26)15(25)22-10-17(8-13(22)19-23)5-7-21(9-17)14(24)12-4-6-18-20(12)3/h4,6,11H,5,7-10H2,1-3H3/t17-/m1/s1. The van der Waals surface area contributed by atoms with Gasteiger partial charge in [0.1, 0.15) is 11.5 Å². The van der Waals surface area contributed by atoms with Crippen LogP contribution in [-0.4, -0.2) is 48.0 Å². The van der Waals surface area contributed by atoms with E-state index in [-0.39, 0.29) is 17.4 Å². The third kappa shape index (κ3) is 2.41. The van der Waals surface area contributed by atoms with Crippen LogP contribution in [0.5, 0.6) is 0 Å². The Morgan fingerprint density at radius 1 is 1.23 bits per heavy atom. The Morgan fingerprint density at radius 3 is 2.65 bits per heavy atom. The van der Waals surface area contributed by atoms with Crippen LogP contribution in [0.4, 0.5) is 0 Å². The Hall–Kier alpha value is -2.71. The Kier molecular flexibility index (Phi) is 3.64. The third-order valence-corrected chi connectivity index (χ3v) is 5.45. The molecule has 4 heterocycles. The lowest BCUT2D eigenvalue weighted by Crippen LogP contribution is -2.44. The van der Waals surface area contributed by atoms with E-state index >= 15 is 0 Å². The fraction of sp³-hybridized carbons (Fsp3) is 0.588. The molecule has 0 saturated carbocycles. The number of likely N-dealkylation sites (tertiary alicyclic amines) is 1. The minimum Gasteiger partial charge on any atom is -0.337 e. The zero-order chi connectivity index (χ0) is 18.6. The molecule has 0 N–H and O–H groups in total. The second-order valence-corrected chi connectivity index (χ2v) is 7.64. The number of rotatable bonds is 2. The van der Waals surface area contributed by atoms with Gasteiger partial charge >= 0.3 is 11.1 Å². The molecule has 2 aliphatic rings. The lowest BCUT2D eigenvalue weighted by molar-refractivity contribution is 0.0761. The van der Waals surface area contributed by atoms with Crippen LogP contribution in [0.2, 0.25) is 0 Å². The van der Waals surface area contributed by atoms with Crippen LogP contribution in [-0.2, 0) is 20.0 Å². The van der Waals surface area contributed by atoms with Crippen molar-refractivity contribution < 1.29 is 4.79 Å². The number of fused-ring (bicyclic) bond motifs is 1. The molecule has 1 saturated heterocycles. The number of hydrogen-bond acceptors (Lipinski definition) is 5. The molecular weight excluding hydrogens is 336 g/mol. The predicted octanol–water partition coefficient (Wildman–Crippen LogP) is -0.192. The lowest BCUT2D eigenvalue weighted by Gasteiger charge is -2.22. The first kappa shape index (κ1) is 16.7. The highest BCUT2D eigenvalue weighted by atomic mass is 16.2. The van der Waals surface area contributed by atoms with Crippen LogP contribution in [0.15, 0.2) is 21.9 Å². The zero-order valence-electron chi connectivity index (χ0n) is 15.2. The highest BCUT2D eigenvalue weighted by Crippen LogP contribution is 2.39. The fourth-order valence-electron chi connectivity index (χ4n) is 4.05. The van der Waals surface area contributed by atoms with Gasteiger partial charge in [-0.1, -0.05) is 0 Å². The summed E-state index contributed by atoms with van der Waals surface area (Å²) in [6, 6.07) is 1.54. The largest absolute Gasteiger partial charge is 0.337 e. The van der Waals surface area contributed by atoms with Crippen molar-refractivity contribution in [2.24, 2.45) is 12.5 Å². The summed E-state index contributed by atoms with van der Waals surface area (Å²) in [5, 5.41) is 8.47. The summed E-state index contributed by atoms with van der Waals surface area (Å²) in [7, 11) is 1.74. The van der Waals surface area contributed by atoms with Crippen LogP contribution in [0.3, 0.4) is 0 Å². The number of aryl methyl sites for hydroxylation is 1. The Bertz CT molecular complexity index is 1000. The third-order valence-electron chi connectivity index (χ3n) is 5.45. The molecule has 1 spiro atoms. The van der Waals surface area contributed by atoms with Gasteiger partial charge in [0.15, 0.2) is 0 Å². The van der Waals surface area contributed by atoms with Gasteiger partial charge in [0.2, 0.25) is 0 Å². The van der Waals surface area contributed by atoms with Gasteiger partial charge in [-0.2, -0.15) is 10.2 Å². The van der Waals surface area contributed by atoms with Gasteiger partial charge in [0, 0.05) is 44.7 Å². The Labute approximate surface area is 149 Å². The van der Waals surface area contributed by atoms with Crippen molar-refractivity contribution >= 4 is 5.91 Å². The minimum atomic E-state index is -0.582. The van der Waals surface area contributed by atoms with E-state index in [9.17, 15) is 14.4 Å². The zero-order valence-corrected chi connectivity index (χ0v) is 15.2. The molecule has 0 unspecified atom stereocenters. The van der Waals surface area contributed by atoms with Crippen LogP contribution < -0.4 is 11.1 Å². The predicted molar refractivity (Wildman–Crippen MR) is 93.0 cm³/mol. The maximum Gasteiger partial charge on any atom is 0.332 e. The average Bonchev–Trinajstić information content (AvgIpc) is 3.29. The van der Waals surface area contributed by atoms with Crippen LogP contribution in [0.1, 0.15) is 42.6 Å². The van der Waals surface area contributed by atoms with Crippen LogP contribution >= 0.6 is 0 Å². The molecule has 138 valence electrons. The summed E-state index contributed by atoms with van der Waals surface area (Å²) in [4.78, 5) is 39.2. The summed E-state index contributed by atoms with van der Waals surface area (Å²) in [5.41, 5.74) is -0.776. The van der Waals surface area contributed by atoms with Gasteiger partial charge < -0.3 is 4.90 Å². The first-order valence-electron chi connectivity index (χ1n) is 8.81. The van der Waals surface area contributed by atoms with Gasteiger partial charge in [0.05, 0.1) is 6.04 Å². The molecule has 0 aromatic carbocycles. The van der Waals surface area contributed by atoms with E-state index in [4.69, 9.17) is 0 Å². The molecule has 1 atom stereocenters. The van der Waals surface area contributed by atoms with Crippen molar-refractivity contribution in [1.29, 1.82) is 0 Å². The van der Waals surface area contributed by atoms with E-state index in [2.05, 4.69) is 10.2 Å². The number of amides is 1. The molecule has 9 heteroatoms. The quantitative estimate of drug-likeness (QED) is 0.694. The molecule has 2 aromatic heterocycles. The summed E-state index contributed by atoms with van der Waals surface area (Å²) in [6.45, 7) is 5.29. The van der Waals surface area contributed by atoms with Crippen molar-refractivity contribution in [2.45, 2.75) is 39.3 Å². The van der Waals surface area contributed by atoms with Crippen molar-refractivity contribution in [3.05, 3.63) is 44.5 Å². The second-order valence-electron chi connectivity index (χ2n) is 7.64. The Balaban J connectivity index is 1.61. The molecule has 4 rings (SSSR count). The summed E-state index contributed by atoms with van der Waals surface area (Å²) in [6.07, 6.45) is 2.99. The monoisotopic (exact) mass is 358 g/mol. The van der Waals surface area contributed by atoms with Crippen molar-refractivity contribution in [3.63, 3.8) is 0 Å². The number of nitrogens with zero attached hydrogens (tertiary/aromatic N) is 6. The molecule has 0 bridgehead atoms. The van der Waals surface area contributed by atoms with Gasteiger partial charge in [-0.3, -0.25) is 23.6 Å². The molecule has 9 nitrogen and oxygen atoms in total. The maximum absolute atomic E-state index is 12.7. The summed E-state index contributed by atoms with van der Waals surface area (Å²) < 4.78 is 4.33. The second kappa shape index (κ2) is 5.65. The van der Waals surface area contributed by atoms with Crippen molar-refractivity contribution in [3.8, 4) is 0 Å². The lowest BCUT2D eigenvalue weighted by atomic mass is 9.86. The normalized spacial score (nSPS) is 21.8. The molecule has 26 heavy (non-hydrogen) atoms. The number of aromatic nitrogens is 5. The number of hydrogen-bond donors (Lipinski definition) is 0. The van der Waals surface area contributed by atoms with Crippen molar-refractivity contribution in [2.75, 3.05) is 13.1 Å². The van der Waals surface area contributed by atoms with Crippen LogP contribution in [0.25, 0.3) is 0 Å². The molecule has 2 aromatic rings. The highest BCUT2D eigenvalue weighted by Gasteiger charge is 2.46. The van der Waals surface area contributed by atoms with E-state index in [0.29, 0.717) is 37.6 Å². The molecule has 0 aliphatic carbocycles. The van der Waals surface area contributed by atoms with Gasteiger partial charge in [-0.25, -0.2) is 4.68 Å². The highest BCUT2D eigenvalue weighted by molar-refractivity contribution is 5.92. The fourth-order valence-corrected chi connectivity index (χ4v) is 4.05. The Morgan fingerprint density at radius 2 is 2.00 bits per heavy atom. The SMILES string of the molecule is CC(C)n1nc2n(c(=O)c1=O)C[C@]1(CCN(C(=O)c3ccnn3C)C1)C2. The smallest absolute Gasteiger partial charge is 0.332 e.